The van der Waals surface area contributed by atoms with Gasteiger partial charge in [0.1, 0.15) is 24.5 Å². The lowest BCUT2D eigenvalue weighted by Crippen LogP contribution is -2.31. The van der Waals surface area contributed by atoms with E-state index in [1.54, 1.807) is 6.33 Å². The number of aryl methyl sites for hydroxylation is 1. The highest BCUT2D eigenvalue weighted by Crippen LogP contribution is 2.38. The fourth-order valence-corrected chi connectivity index (χ4v) is 4.49. The van der Waals surface area contributed by atoms with Crippen LogP contribution in [0.15, 0.2) is 35.5 Å². The molecule has 8 heteroatoms. The quantitative estimate of drug-likeness (QED) is 0.658. The number of fused-ring (bicyclic) bond motifs is 2. The van der Waals surface area contributed by atoms with Crippen LogP contribution in [0.25, 0.3) is 11.1 Å². The van der Waals surface area contributed by atoms with Gasteiger partial charge in [-0.15, -0.1) is 0 Å². The maximum atomic E-state index is 12.3. The Morgan fingerprint density at radius 2 is 2.10 bits per heavy atom. The lowest BCUT2D eigenvalue weighted by Gasteiger charge is -2.33. The van der Waals surface area contributed by atoms with Gasteiger partial charge in [0.2, 0.25) is 0 Å². The van der Waals surface area contributed by atoms with E-state index in [0.29, 0.717) is 18.7 Å². The molecule has 0 saturated heterocycles. The van der Waals surface area contributed by atoms with Gasteiger partial charge in [0.05, 0.1) is 12.1 Å². The van der Waals surface area contributed by atoms with E-state index in [9.17, 15) is 4.79 Å². The minimum absolute atomic E-state index is 0.106. The molecule has 8 nitrogen and oxygen atoms in total. The van der Waals surface area contributed by atoms with Crippen LogP contribution in [0.4, 0.5) is 11.8 Å². The maximum absolute atomic E-state index is 12.3. The van der Waals surface area contributed by atoms with Crippen molar-refractivity contribution in [3.63, 3.8) is 0 Å². The van der Waals surface area contributed by atoms with Crippen molar-refractivity contribution in [2.75, 3.05) is 23.8 Å². The van der Waals surface area contributed by atoms with Gasteiger partial charge in [-0.25, -0.2) is 15.0 Å². The molecule has 0 saturated carbocycles. The molecule has 2 aromatic heterocycles. The van der Waals surface area contributed by atoms with Crippen molar-refractivity contribution in [2.45, 2.75) is 39.7 Å². The zero-order chi connectivity index (χ0) is 21.6. The number of anilines is 2. The first-order chi connectivity index (χ1) is 14.9. The third kappa shape index (κ3) is 3.73. The van der Waals surface area contributed by atoms with Crippen LogP contribution in [0.1, 0.15) is 37.1 Å². The molecule has 3 heterocycles. The Labute approximate surface area is 180 Å². The van der Waals surface area contributed by atoms with E-state index in [1.165, 1.54) is 11.8 Å². The Hall–Kier alpha value is -3.42. The van der Waals surface area contributed by atoms with E-state index < -0.39 is 0 Å². The Morgan fingerprint density at radius 1 is 1.23 bits per heavy atom. The lowest BCUT2D eigenvalue weighted by atomic mass is 9.76. The minimum atomic E-state index is -0.258. The smallest absolute Gasteiger partial charge is 0.260 e. The number of nitrogens with two attached hydrogens (primary N) is 1. The number of rotatable bonds is 2. The largest absolute Gasteiger partial charge is 0.491 e. The molecule has 160 valence electrons. The van der Waals surface area contributed by atoms with Crippen LogP contribution in [-0.4, -0.2) is 33.1 Å². The number of nitrogens with zero attached hydrogens (tertiary/aromatic N) is 4. The Morgan fingerprint density at radius 3 is 2.94 bits per heavy atom. The summed E-state index contributed by atoms with van der Waals surface area (Å²) in [4.78, 5) is 30.4. The Balaban J connectivity index is 1.52. The van der Waals surface area contributed by atoms with Crippen molar-refractivity contribution in [1.82, 2.24) is 19.9 Å². The van der Waals surface area contributed by atoms with Gasteiger partial charge in [0.15, 0.2) is 5.95 Å². The summed E-state index contributed by atoms with van der Waals surface area (Å²) in [5.41, 5.74) is 10.2. The van der Waals surface area contributed by atoms with E-state index in [-0.39, 0.29) is 16.9 Å². The summed E-state index contributed by atoms with van der Waals surface area (Å²) in [6, 6.07) is 5.79. The standard InChI is InChI=1S/C23H26N6O2/c1-23(2)6-5-18-16(10-23)20(27-13-26-18)29-7-8-31-19-4-3-14(9-15(19)12-29)17-11-25-22(24)28-21(17)30/h3-4,9,11,13H,5-8,10,12H2,1-2H3,(H3,24,25,28,30). The fraction of sp³-hybridized carbons (Fsp3) is 0.391. The first-order valence-electron chi connectivity index (χ1n) is 10.6. The highest BCUT2D eigenvalue weighted by atomic mass is 16.5. The van der Waals surface area contributed by atoms with Crippen LogP contribution in [0.5, 0.6) is 5.75 Å². The summed E-state index contributed by atoms with van der Waals surface area (Å²) < 4.78 is 6.02. The molecule has 5 rings (SSSR count). The molecule has 1 aromatic carbocycles. The molecule has 0 fully saturated rings. The van der Waals surface area contributed by atoms with Gasteiger partial charge in [0, 0.05) is 29.6 Å². The molecule has 1 aliphatic heterocycles. The van der Waals surface area contributed by atoms with Crippen LogP contribution in [0, 0.1) is 5.41 Å². The predicted octanol–water partition coefficient (Wildman–Crippen LogP) is 2.72. The van der Waals surface area contributed by atoms with Crippen LogP contribution < -0.4 is 20.9 Å². The number of nitrogen functional groups attached to an aromatic ring is 1. The predicted molar refractivity (Wildman–Crippen MR) is 119 cm³/mol. The topological polar surface area (TPSA) is 110 Å². The molecule has 31 heavy (non-hydrogen) atoms. The Bertz CT molecular complexity index is 1200. The van der Waals surface area contributed by atoms with Crippen molar-refractivity contribution in [3.05, 3.63) is 57.9 Å². The molecule has 0 unspecified atom stereocenters. The van der Waals surface area contributed by atoms with Gasteiger partial charge in [0.25, 0.3) is 5.56 Å². The third-order valence-electron chi connectivity index (χ3n) is 6.18. The van der Waals surface area contributed by atoms with Gasteiger partial charge in [-0.1, -0.05) is 19.9 Å². The molecule has 0 atom stereocenters. The van der Waals surface area contributed by atoms with Crippen molar-refractivity contribution in [2.24, 2.45) is 5.41 Å². The molecule has 3 N–H and O–H groups in total. The number of ether oxygens (including phenoxy) is 1. The van der Waals surface area contributed by atoms with Crippen molar-refractivity contribution < 1.29 is 4.74 Å². The second-order valence-corrected chi connectivity index (χ2v) is 9.07. The van der Waals surface area contributed by atoms with E-state index in [4.69, 9.17) is 10.5 Å². The van der Waals surface area contributed by atoms with E-state index in [2.05, 4.69) is 38.7 Å². The molecule has 2 aliphatic rings. The second-order valence-electron chi connectivity index (χ2n) is 9.07. The molecule has 0 amide bonds. The highest BCUT2D eigenvalue weighted by Gasteiger charge is 2.30. The second kappa shape index (κ2) is 7.37. The molecule has 1 aliphatic carbocycles. The van der Waals surface area contributed by atoms with Gasteiger partial charge in [-0.05, 0) is 42.4 Å². The molecule has 3 aromatic rings. The number of aromatic amines is 1. The van der Waals surface area contributed by atoms with E-state index in [1.807, 2.05) is 18.2 Å². The number of benzene rings is 1. The van der Waals surface area contributed by atoms with Gasteiger partial charge in [-0.2, -0.15) is 0 Å². The minimum Gasteiger partial charge on any atom is -0.491 e. The molecule has 0 spiro atoms. The number of nitrogens with one attached hydrogen (secondary N) is 1. The van der Waals surface area contributed by atoms with Crippen molar-refractivity contribution >= 4 is 11.8 Å². The zero-order valence-corrected chi connectivity index (χ0v) is 17.8. The summed E-state index contributed by atoms with van der Waals surface area (Å²) in [7, 11) is 0. The summed E-state index contributed by atoms with van der Waals surface area (Å²) in [5, 5.41) is 0. The molecule has 0 radical (unpaired) electrons. The van der Waals surface area contributed by atoms with Gasteiger partial charge < -0.3 is 15.4 Å². The number of hydrogen-bond donors (Lipinski definition) is 2. The summed E-state index contributed by atoms with van der Waals surface area (Å²) >= 11 is 0. The van der Waals surface area contributed by atoms with Crippen LogP contribution in [-0.2, 0) is 19.4 Å². The number of H-pyrrole nitrogens is 1. The molecular weight excluding hydrogens is 392 g/mol. The van der Waals surface area contributed by atoms with Crippen molar-refractivity contribution in [1.29, 1.82) is 0 Å². The van der Waals surface area contributed by atoms with Gasteiger partial charge >= 0.3 is 0 Å². The van der Waals surface area contributed by atoms with Crippen LogP contribution in [0.2, 0.25) is 0 Å². The molecule has 0 bridgehead atoms. The average Bonchev–Trinajstić information content (AvgIpc) is 2.94. The summed E-state index contributed by atoms with van der Waals surface area (Å²) in [6.07, 6.45) is 6.27. The van der Waals surface area contributed by atoms with Crippen LogP contribution in [0.3, 0.4) is 0 Å². The van der Waals surface area contributed by atoms with Crippen LogP contribution >= 0.6 is 0 Å². The van der Waals surface area contributed by atoms with Gasteiger partial charge in [-0.3, -0.25) is 9.78 Å². The number of hydrogen-bond acceptors (Lipinski definition) is 7. The SMILES string of the molecule is CC1(C)CCc2ncnc(N3CCOc4ccc(-c5cnc(N)[nH]c5=O)cc4C3)c2C1. The summed E-state index contributed by atoms with van der Waals surface area (Å²) in [5.74, 6) is 1.93. The zero-order valence-electron chi connectivity index (χ0n) is 17.8. The average molecular weight is 419 g/mol. The van der Waals surface area contributed by atoms with Crippen molar-refractivity contribution in [3.8, 4) is 16.9 Å². The Kier molecular flexibility index (Phi) is 4.64. The maximum Gasteiger partial charge on any atom is 0.260 e. The van der Waals surface area contributed by atoms with E-state index >= 15 is 0 Å². The normalized spacial score (nSPS) is 17.3. The third-order valence-corrected chi connectivity index (χ3v) is 6.18. The molecular formula is C23H26N6O2. The fourth-order valence-electron chi connectivity index (χ4n) is 4.49. The summed E-state index contributed by atoms with van der Waals surface area (Å²) in [6.45, 7) is 6.56. The monoisotopic (exact) mass is 418 g/mol. The lowest BCUT2D eigenvalue weighted by molar-refractivity contribution is 0.310. The van der Waals surface area contributed by atoms with E-state index in [0.717, 1.165) is 54.2 Å². The first kappa shape index (κ1) is 19.5. The number of aromatic nitrogens is 4. The highest BCUT2D eigenvalue weighted by molar-refractivity contribution is 5.65. The first-order valence-corrected chi connectivity index (χ1v) is 10.6.